The molecule has 0 N–H and O–H groups in total. The second kappa shape index (κ2) is 17.4. The monoisotopic (exact) mass is 352 g/mol. The first-order valence-electron chi connectivity index (χ1n) is 7.49. The van der Waals surface area contributed by atoms with E-state index in [0.29, 0.717) is 6.42 Å². The minimum absolute atomic E-state index is 0. The fraction of sp³-hybridized carbons (Fsp3) is 0.929. The van der Waals surface area contributed by atoms with E-state index in [-0.39, 0.29) is 65.5 Å². The molecule has 0 aromatic heterocycles. The van der Waals surface area contributed by atoms with Crippen LogP contribution in [0.2, 0.25) is 0 Å². The van der Waals surface area contributed by atoms with Crippen molar-refractivity contribution in [1.82, 2.24) is 0 Å². The van der Waals surface area contributed by atoms with Gasteiger partial charge in [0.15, 0.2) is 0 Å². The quantitative estimate of drug-likeness (QED) is 0.190. The summed E-state index contributed by atoms with van der Waals surface area (Å²) in [5, 5.41) is 8.69. The Labute approximate surface area is 179 Å². The van der Waals surface area contributed by atoms with Crippen LogP contribution in [0.5, 0.6) is 0 Å². The van der Waals surface area contributed by atoms with E-state index in [9.17, 15) is 22.9 Å². The van der Waals surface area contributed by atoms with E-state index in [4.69, 9.17) is 0 Å². The molecule has 0 saturated carbocycles. The van der Waals surface area contributed by atoms with E-state index in [1.807, 2.05) is 0 Å². The van der Waals surface area contributed by atoms with Crippen LogP contribution in [0.1, 0.15) is 71.1 Å². The number of carbonyl (C=O) groups excluding carboxylic acids is 1. The summed E-state index contributed by atoms with van der Waals surface area (Å²) in [6.45, 7) is 1.01. The fourth-order valence-corrected chi connectivity index (χ4v) is 2.71. The van der Waals surface area contributed by atoms with Crippen LogP contribution in [0.3, 0.4) is 0 Å². The summed E-state index contributed by atoms with van der Waals surface area (Å²) in [6, 6.07) is 0. The van der Waals surface area contributed by atoms with Gasteiger partial charge in [-0.2, -0.15) is 0 Å². The third-order valence-corrected chi connectivity index (χ3v) is 4.48. The van der Waals surface area contributed by atoms with Crippen molar-refractivity contribution in [3.05, 3.63) is 0 Å². The summed E-state index contributed by atoms with van der Waals surface area (Å²) in [6.07, 6.45) is 9.72. The fourth-order valence-electron chi connectivity index (χ4n) is 2.11. The van der Waals surface area contributed by atoms with E-state index in [1.165, 1.54) is 32.1 Å². The van der Waals surface area contributed by atoms with Crippen molar-refractivity contribution in [2.75, 3.05) is 6.61 Å². The normalized spacial score (nSPS) is 12.1. The van der Waals surface area contributed by atoms with Gasteiger partial charge in [-0.15, -0.1) is 6.61 Å². The molecule has 5 nitrogen and oxygen atoms in total. The van der Waals surface area contributed by atoms with Crippen LogP contribution in [0, 0.1) is 0 Å². The summed E-state index contributed by atoms with van der Waals surface area (Å²) < 4.78 is 32.1. The van der Waals surface area contributed by atoms with Gasteiger partial charge in [-0.3, -0.25) is 4.79 Å². The molecule has 0 aliphatic heterocycles. The van der Waals surface area contributed by atoms with Crippen LogP contribution in [-0.2, 0) is 14.9 Å². The zero-order chi connectivity index (χ0) is 15.4. The van der Waals surface area contributed by atoms with Gasteiger partial charge >= 0.3 is 59.1 Å². The third kappa shape index (κ3) is 15.1. The van der Waals surface area contributed by atoms with Gasteiger partial charge in [0, 0.05) is 6.42 Å². The molecular formula is C14H26Na2O5S. The Morgan fingerprint density at radius 3 is 1.68 bits per heavy atom. The Bertz CT molecular complexity index is 360. The van der Waals surface area contributed by atoms with Gasteiger partial charge in [0.1, 0.15) is 15.9 Å². The van der Waals surface area contributed by atoms with Crippen LogP contribution in [0.4, 0.5) is 0 Å². The molecule has 120 valence electrons. The minimum atomic E-state index is -4.79. The number of hydrogen-bond acceptors (Lipinski definition) is 5. The molecule has 22 heavy (non-hydrogen) atoms. The molecule has 0 amide bonds. The Morgan fingerprint density at radius 1 is 0.909 bits per heavy atom. The molecule has 1 unspecified atom stereocenters. The van der Waals surface area contributed by atoms with Gasteiger partial charge in [0.2, 0.25) is 0 Å². The Morgan fingerprint density at radius 2 is 1.32 bits per heavy atom. The molecule has 0 saturated heterocycles. The molecule has 0 spiro atoms. The van der Waals surface area contributed by atoms with Gasteiger partial charge in [-0.25, -0.2) is 8.42 Å². The molecule has 0 radical (unpaired) electrons. The first-order chi connectivity index (χ1) is 9.43. The number of hydrogen-bond donors (Lipinski definition) is 0. The smallest absolute Gasteiger partial charge is 0.853 e. The van der Waals surface area contributed by atoms with Crippen LogP contribution < -0.4 is 64.2 Å². The van der Waals surface area contributed by atoms with E-state index < -0.39 is 27.8 Å². The summed E-state index contributed by atoms with van der Waals surface area (Å²) in [5.74, 6) is -0.724. The first-order valence-corrected chi connectivity index (χ1v) is 8.96. The molecule has 0 aromatic carbocycles. The van der Waals surface area contributed by atoms with Crippen LogP contribution in [0.25, 0.3) is 0 Å². The topological polar surface area (TPSA) is 97.3 Å². The number of unbranched alkanes of at least 4 members (excludes halogenated alkanes) is 8. The average Bonchev–Trinajstić information content (AvgIpc) is 2.36. The van der Waals surface area contributed by atoms with E-state index >= 15 is 0 Å². The van der Waals surface area contributed by atoms with Crippen molar-refractivity contribution in [2.45, 2.75) is 76.4 Å². The largest absolute Gasteiger partial charge is 1.00 e. The summed E-state index contributed by atoms with van der Waals surface area (Å²) in [4.78, 5) is 11.4. The van der Waals surface area contributed by atoms with Crippen LogP contribution in [0.15, 0.2) is 0 Å². The maximum atomic E-state index is 11.4. The summed E-state index contributed by atoms with van der Waals surface area (Å²) >= 11 is 0. The van der Waals surface area contributed by atoms with Crippen molar-refractivity contribution in [3.8, 4) is 0 Å². The third-order valence-electron chi connectivity index (χ3n) is 3.39. The SMILES string of the molecule is CCCCCCCCCCCC(=O)C(C[O-])S(=O)(=O)[O-].[Na+].[Na+]. The van der Waals surface area contributed by atoms with Crippen molar-refractivity contribution in [2.24, 2.45) is 0 Å². The van der Waals surface area contributed by atoms with Gasteiger partial charge < -0.3 is 9.66 Å². The maximum Gasteiger partial charge on any atom is 1.00 e. The van der Waals surface area contributed by atoms with Gasteiger partial charge in [-0.05, 0) is 6.42 Å². The molecule has 0 bridgehead atoms. The Hall–Kier alpha value is 1.54. The number of carbonyl (C=O) groups is 1. The molecule has 0 aromatic rings. The zero-order valence-corrected chi connectivity index (χ0v) is 19.1. The standard InChI is InChI=1S/C14H27O5S.2Na/c1-2-3-4-5-6-7-8-9-10-11-13(16)14(12-15)20(17,18)19;;/h14H,2-12H2,1H3,(H,17,18,19);;/q-1;2*+1/p-1. The second-order valence-electron chi connectivity index (χ2n) is 5.19. The predicted molar refractivity (Wildman–Crippen MR) is 75.2 cm³/mol. The van der Waals surface area contributed by atoms with E-state index in [1.54, 1.807) is 0 Å². The average molecular weight is 352 g/mol. The van der Waals surface area contributed by atoms with Gasteiger partial charge in [0.25, 0.3) is 0 Å². The molecular weight excluding hydrogens is 326 g/mol. The maximum absolute atomic E-state index is 11.4. The van der Waals surface area contributed by atoms with Gasteiger partial charge in [0.05, 0.1) is 5.25 Å². The molecule has 0 fully saturated rings. The van der Waals surface area contributed by atoms with Crippen LogP contribution in [-0.4, -0.2) is 30.6 Å². The number of Topliss-reactive ketones (excluding diaryl/α,β-unsaturated/α-hetero) is 1. The minimum Gasteiger partial charge on any atom is -0.853 e. The van der Waals surface area contributed by atoms with Crippen molar-refractivity contribution in [1.29, 1.82) is 0 Å². The van der Waals surface area contributed by atoms with Crippen molar-refractivity contribution < 1.29 is 82.0 Å². The van der Waals surface area contributed by atoms with E-state index in [2.05, 4.69) is 6.92 Å². The summed E-state index contributed by atoms with van der Waals surface area (Å²) in [5.41, 5.74) is 0. The van der Waals surface area contributed by atoms with Crippen molar-refractivity contribution >= 4 is 15.9 Å². The Balaban J connectivity index is -0.00000180. The zero-order valence-electron chi connectivity index (χ0n) is 14.3. The molecule has 0 aliphatic rings. The van der Waals surface area contributed by atoms with Crippen LogP contribution >= 0.6 is 0 Å². The Kier molecular flexibility index (Phi) is 22.4. The molecule has 1 atom stereocenters. The van der Waals surface area contributed by atoms with E-state index in [0.717, 1.165) is 19.3 Å². The van der Waals surface area contributed by atoms with Crippen molar-refractivity contribution in [3.63, 3.8) is 0 Å². The molecule has 0 aliphatic carbocycles. The second-order valence-corrected chi connectivity index (χ2v) is 6.75. The van der Waals surface area contributed by atoms with Gasteiger partial charge in [-0.1, -0.05) is 58.3 Å². The molecule has 0 heterocycles. The molecule has 8 heteroatoms. The summed E-state index contributed by atoms with van der Waals surface area (Å²) in [7, 11) is -4.79. The predicted octanol–water partition coefficient (Wildman–Crippen LogP) is -4.24. The molecule has 0 rings (SSSR count). The number of ketones is 1. The number of rotatable bonds is 13. The first kappa shape index (κ1) is 28.3.